The van der Waals surface area contributed by atoms with E-state index in [0.717, 1.165) is 36.2 Å². The first kappa shape index (κ1) is 18.2. The van der Waals surface area contributed by atoms with Gasteiger partial charge in [0.15, 0.2) is 5.11 Å². The lowest BCUT2D eigenvalue weighted by molar-refractivity contribution is 0.0601. The predicted molar refractivity (Wildman–Crippen MR) is 101 cm³/mol. The Labute approximate surface area is 148 Å². The Morgan fingerprint density at radius 1 is 1.30 bits per heavy atom. The monoisotopic (exact) mass is 354 g/mol. The first-order valence-corrected chi connectivity index (χ1v) is 9.59. The molecule has 1 heterocycles. The van der Waals surface area contributed by atoms with Crippen LogP contribution in [0.1, 0.15) is 66.8 Å². The number of fused-ring (bicyclic) bond motifs is 1. The first-order valence-electron chi connectivity index (χ1n) is 8.37. The quantitative estimate of drug-likeness (QED) is 0.624. The second kappa shape index (κ2) is 8.64. The number of carbonyl (C=O) groups is 1. The third-order valence-corrected chi connectivity index (χ3v) is 5.70. The van der Waals surface area contributed by atoms with E-state index in [9.17, 15) is 4.79 Å². The van der Waals surface area contributed by atoms with Crippen LogP contribution in [0.4, 0.5) is 5.00 Å². The van der Waals surface area contributed by atoms with Gasteiger partial charge in [0.05, 0.1) is 12.7 Å². The van der Waals surface area contributed by atoms with Crippen molar-refractivity contribution in [1.82, 2.24) is 5.32 Å². The van der Waals surface area contributed by atoms with Gasteiger partial charge in [-0.25, -0.2) is 4.79 Å². The Morgan fingerprint density at radius 2 is 2.00 bits per heavy atom. The van der Waals surface area contributed by atoms with E-state index < -0.39 is 0 Å². The number of rotatable bonds is 4. The minimum Gasteiger partial charge on any atom is -0.465 e. The summed E-state index contributed by atoms with van der Waals surface area (Å²) < 4.78 is 5.02. The summed E-state index contributed by atoms with van der Waals surface area (Å²) in [6.45, 7) is 4.19. The molecule has 1 unspecified atom stereocenters. The van der Waals surface area contributed by atoms with Crippen molar-refractivity contribution >= 4 is 39.6 Å². The van der Waals surface area contributed by atoms with Crippen LogP contribution in [0.3, 0.4) is 0 Å². The number of methoxy groups -OCH3 is 1. The number of carbonyl (C=O) groups excluding carboxylic acids is 1. The number of aryl methyl sites for hydroxylation is 1. The molecule has 0 amide bonds. The summed E-state index contributed by atoms with van der Waals surface area (Å²) in [4.78, 5) is 13.6. The number of thiocarbonyl (C=S) groups is 1. The van der Waals surface area contributed by atoms with Gasteiger partial charge in [0.25, 0.3) is 0 Å². The molecule has 0 bridgehead atoms. The van der Waals surface area contributed by atoms with Crippen LogP contribution in [-0.2, 0) is 17.6 Å². The minimum atomic E-state index is -0.267. The van der Waals surface area contributed by atoms with Gasteiger partial charge in [-0.2, -0.15) is 0 Å². The average molecular weight is 355 g/mol. The standard InChI is InChI=1S/C17H26N2O2S2/c1-4-11(2)18-17(22)19-15-14(16(20)21-3)12-9-7-5-6-8-10-13(12)23-15/h11H,4-10H2,1-3H3,(H2,18,19,22). The molecular weight excluding hydrogens is 328 g/mol. The molecule has 0 saturated carbocycles. The molecule has 1 aromatic heterocycles. The van der Waals surface area contributed by atoms with Gasteiger partial charge >= 0.3 is 5.97 Å². The Bertz CT molecular complexity index is 569. The van der Waals surface area contributed by atoms with Crippen molar-refractivity contribution in [3.05, 3.63) is 16.0 Å². The highest BCUT2D eigenvalue weighted by molar-refractivity contribution is 7.80. The highest BCUT2D eigenvalue weighted by atomic mass is 32.1. The summed E-state index contributed by atoms with van der Waals surface area (Å²) in [7, 11) is 1.44. The average Bonchev–Trinajstić information content (AvgIpc) is 2.82. The molecule has 4 nitrogen and oxygen atoms in total. The number of anilines is 1. The van der Waals surface area contributed by atoms with Gasteiger partial charge in [-0.05, 0) is 56.8 Å². The highest BCUT2D eigenvalue weighted by Gasteiger charge is 2.25. The molecular formula is C17H26N2O2S2. The van der Waals surface area contributed by atoms with Crippen LogP contribution in [0.5, 0.6) is 0 Å². The van der Waals surface area contributed by atoms with Crippen LogP contribution in [0, 0.1) is 0 Å². The van der Waals surface area contributed by atoms with Crippen LogP contribution in [0.2, 0.25) is 0 Å². The third-order valence-electron chi connectivity index (χ3n) is 4.28. The molecule has 1 aliphatic rings. The van der Waals surface area contributed by atoms with Gasteiger partial charge in [0.1, 0.15) is 5.00 Å². The van der Waals surface area contributed by atoms with E-state index in [4.69, 9.17) is 17.0 Å². The van der Waals surface area contributed by atoms with E-state index in [1.54, 1.807) is 11.3 Å². The highest BCUT2D eigenvalue weighted by Crippen LogP contribution is 2.37. The molecule has 1 aromatic rings. The number of ether oxygens (including phenoxy) is 1. The predicted octanol–water partition coefficient (Wildman–Crippen LogP) is 4.28. The second-order valence-corrected chi connectivity index (χ2v) is 7.53. The van der Waals surface area contributed by atoms with E-state index in [1.807, 2.05) is 0 Å². The van der Waals surface area contributed by atoms with Crippen molar-refractivity contribution in [2.45, 2.75) is 64.8 Å². The van der Waals surface area contributed by atoms with Gasteiger partial charge in [0.2, 0.25) is 0 Å². The maximum atomic E-state index is 12.3. The van der Waals surface area contributed by atoms with Gasteiger partial charge in [-0.1, -0.05) is 19.8 Å². The minimum absolute atomic E-state index is 0.267. The van der Waals surface area contributed by atoms with Crippen molar-refractivity contribution in [3.8, 4) is 0 Å². The number of nitrogens with one attached hydrogen (secondary N) is 2. The van der Waals surface area contributed by atoms with Crippen LogP contribution >= 0.6 is 23.6 Å². The normalized spacial score (nSPS) is 15.8. The lowest BCUT2D eigenvalue weighted by atomic mass is 9.96. The summed E-state index contributed by atoms with van der Waals surface area (Å²) >= 11 is 7.04. The third kappa shape index (κ3) is 4.67. The molecule has 0 aromatic carbocycles. The van der Waals surface area contributed by atoms with E-state index in [-0.39, 0.29) is 5.97 Å². The van der Waals surface area contributed by atoms with Crippen molar-refractivity contribution < 1.29 is 9.53 Å². The summed E-state index contributed by atoms with van der Waals surface area (Å²) in [5.41, 5.74) is 1.85. The topological polar surface area (TPSA) is 50.4 Å². The molecule has 0 saturated heterocycles. The maximum Gasteiger partial charge on any atom is 0.341 e. The van der Waals surface area contributed by atoms with Crippen molar-refractivity contribution in [1.29, 1.82) is 0 Å². The Hall–Kier alpha value is -1.14. The molecule has 1 aliphatic carbocycles. The molecule has 128 valence electrons. The molecule has 23 heavy (non-hydrogen) atoms. The maximum absolute atomic E-state index is 12.3. The number of esters is 1. The number of hydrogen-bond donors (Lipinski definition) is 2. The Kier molecular flexibility index (Phi) is 6.84. The molecule has 0 fully saturated rings. The molecule has 1 atom stereocenters. The molecule has 0 radical (unpaired) electrons. The van der Waals surface area contributed by atoms with E-state index in [2.05, 4.69) is 24.5 Å². The molecule has 0 spiro atoms. The van der Waals surface area contributed by atoms with Gasteiger partial charge in [-0.15, -0.1) is 11.3 Å². The summed E-state index contributed by atoms with van der Waals surface area (Å²) in [5, 5.41) is 7.86. The van der Waals surface area contributed by atoms with Crippen molar-refractivity contribution in [2.24, 2.45) is 0 Å². The zero-order valence-corrected chi connectivity index (χ0v) is 15.8. The Morgan fingerprint density at radius 3 is 2.65 bits per heavy atom. The molecule has 2 rings (SSSR count). The van der Waals surface area contributed by atoms with E-state index in [1.165, 1.54) is 31.2 Å². The van der Waals surface area contributed by atoms with Crippen molar-refractivity contribution in [3.63, 3.8) is 0 Å². The smallest absolute Gasteiger partial charge is 0.341 e. The SMILES string of the molecule is CCC(C)NC(=S)Nc1sc2c(c1C(=O)OC)CCCCCC2. The fourth-order valence-electron chi connectivity index (χ4n) is 2.79. The van der Waals surface area contributed by atoms with Crippen LogP contribution in [0.15, 0.2) is 0 Å². The molecule has 6 heteroatoms. The summed E-state index contributed by atoms with van der Waals surface area (Å²) in [6, 6.07) is 0.303. The first-order chi connectivity index (χ1) is 11.1. The number of hydrogen-bond acceptors (Lipinski definition) is 4. The van der Waals surface area contributed by atoms with E-state index >= 15 is 0 Å². The molecule has 2 N–H and O–H groups in total. The number of thiophene rings is 1. The zero-order valence-electron chi connectivity index (χ0n) is 14.2. The fraction of sp³-hybridized carbons (Fsp3) is 0.647. The van der Waals surface area contributed by atoms with Crippen LogP contribution < -0.4 is 10.6 Å². The Balaban J connectivity index is 2.28. The van der Waals surface area contributed by atoms with Crippen LogP contribution in [-0.4, -0.2) is 24.2 Å². The summed E-state index contributed by atoms with van der Waals surface area (Å²) in [5.74, 6) is -0.267. The van der Waals surface area contributed by atoms with Crippen molar-refractivity contribution in [2.75, 3.05) is 12.4 Å². The lowest BCUT2D eigenvalue weighted by Crippen LogP contribution is -2.35. The largest absolute Gasteiger partial charge is 0.465 e. The lowest BCUT2D eigenvalue weighted by Gasteiger charge is -2.15. The van der Waals surface area contributed by atoms with Crippen LogP contribution in [0.25, 0.3) is 0 Å². The summed E-state index contributed by atoms with van der Waals surface area (Å²) in [6.07, 6.45) is 7.79. The van der Waals surface area contributed by atoms with E-state index in [0.29, 0.717) is 16.7 Å². The molecule has 0 aliphatic heterocycles. The van der Waals surface area contributed by atoms with Gasteiger partial charge < -0.3 is 15.4 Å². The van der Waals surface area contributed by atoms with Gasteiger partial charge in [-0.3, -0.25) is 0 Å². The zero-order chi connectivity index (χ0) is 16.8. The fourth-order valence-corrected chi connectivity index (χ4v) is 4.44. The second-order valence-electron chi connectivity index (χ2n) is 6.02. The van der Waals surface area contributed by atoms with Gasteiger partial charge in [0, 0.05) is 10.9 Å².